The third-order valence-corrected chi connectivity index (χ3v) is 9.56. The molecule has 0 saturated carbocycles. The van der Waals surface area contributed by atoms with Crippen molar-refractivity contribution in [3.63, 3.8) is 0 Å². The number of aliphatic hydroxyl groups excluding tert-OH is 1. The van der Waals surface area contributed by atoms with Crippen LogP contribution >= 0.6 is 0 Å². The van der Waals surface area contributed by atoms with Gasteiger partial charge in [-0.3, -0.25) is 0 Å². The first-order chi connectivity index (χ1) is 16.8. The van der Waals surface area contributed by atoms with Gasteiger partial charge in [0.2, 0.25) is 0 Å². The molecule has 1 nitrogen and oxygen atoms in total. The van der Waals surface area contributed by atoms with Crippen LogP contribution in [0.4, 0.5) is 0 Å². The standard InChI is InChI=1S/C34H42OSi/c1-33(2,3)28-16-14-26(15-17-28)29-19-20-34(4,5)31-18-11-25(21-30(29)31)22-32(36(6,7)8)27-12-9-24(23-35)10-13-27/h9-19,21-22,35H,20,23H2,1-8H3. The summed E-state index contributed by atoms with van der Waals surface area (Å²) in [5.41, 5.74) is 10.5. The summed E-state index contributed by atoms with van der Waals surface area (Å²) in [4.78, 5) is 0. The Labute approximate surface area is 219 Å². The molecular formula is C34H42OSi. The van der Waals surface area contributed by atoms with Gasteiger partial charge in [0.05, 0.1) is 14.7 Å². The lowest BCUT2D eigenvalue weighted by atomic mass is 9.71. The van der Waals surface area contributed by atoms with Gasteiger partial charge in [0.15, 0.2) is 0 Å². The largest absolute Gasteiger partial charge is 0.392 e. The smallest absolute Gasteiger partial charge is 0.0784 e. The SMILES string of the molecule is CC(C)(C)c1ccc(C2=CCC(C)(C)c3ccc(C=C(c4ccc(CO)cc4)[Si](C)(C)C)cc32)cc1. The van der Waals surface area contributed by atoms with Gasteiger partial charge in [-0.1, -0.05) is 132 Å². The van der Waals surface area contributed by atoms with E-state index >= 15 is 0 Å². The molecule has 36 heavy (non-hydrogen) atoms. The van der Waals surface area contributed by atoms with E-state index in [0.29, 0.717) is 0 Å². The predicted molar refractivity (Wildman–Crippen MR) is 160 cm³/mol. The summed E-state index contributed by atoms with van der Waals surface area (Å²) >= 11 is 0. The quantitative estimate of drug-likeness (QED) is 0.277. The fourth-order valence-electron chi connectivity index (χ4n) is 5.15. The minimum Gasteiger partial charge on any atom is -0.392 e. The van der Waals surface area contributed by atoms with E-state index in [-0.39, 0.29) is 17.4 Å². The number of hydrogen-bond donors (Lipinski definition) is 1. The van der Waals surface area contributed by atoms with Crippen molar-refractivity contribution in [3.05, 3.63) is 112 Å². The van der Waals surface area contributed by atoms with Gasteiger partial charge in [-0.25, -0.2) is 0 Å². The summed E-state index contributed by atoms with van der Waals surface area (Å²) in [6, 6.07) is 24.7. The van der Waals surface area contributed by atoms with Crippen molar-refractivity contribution in [1.82, 2.24) is 0 Å². The van der Waals surface area contributed by atoms with Crippen molar-refractivity contribution in [2.75, 3.05) is 0 Å². The van der Waals surface area contributed by atoms with E-state index in [2.05, 4.69) is 121 Å². The number of aliphatic hydroxyl groups is 1. The van der Waals surface area contributed by atoms with Gasteiger partial charge in [-0.2, -0.15) is 0 Å². The predicted octanol–water partition coefficient (Wildman–Crippen LogP) is 9.01. The molecule has 1 N–H and O–H groups in total. The summed E-state index contributed by atoms with van der Waals surface area (Å²) in [6.07, 6.45) is 5.89. The van der Waals surface area contributed by atoms with Gasteiger partial charge in [0.25, 0.3) is 0 Å². The van der Waals surface area contributed by atoms with E-state index in [9.17, 15) is 5.11 Å². The molecule has 4 rings (SSSR count). The summed E-state index contributed by atoms with van der Waals surface area (Å²) < 4.78 is 0. The first-order valence-corrected chi connectivity index (χ1v) is 16.7. The molecule has 3 aromatic rings. The van der Waals surface area contributed by atoms with Crippen LogP contribution in [0.3, 0.4) is 0 Å². The Bertz CT molecular complexity index is 1290. The number of rotatable bonds is 5. The summed E-state index contributed by atoms with van der Waals surface area (Å²) in [6.45, 7) is 18.8. The van der Waals surface area contributed by atoms with Gasteiger partial charge < -0.3 is 5.11 Å². The van der Waals surface area contributed by atoms with E-state index in [1.54, 1.807) is 0 Å². The molecule has 0 saturated heterocycles. The minimum absolute atomic E-state index is 0.0821. The maximum Gasteiger partial charge on any atom is 0.0784 e. The molecule has 1 aliphatic carbocycles. The van der Waals surface area contributed by atoms with Crippen LogP contribution in [0.2, 0.25) is 19.6 Å². The average molecular weight is 495 g/mol. The molecule has 0 spiro atoms. The van der Waals surface area contributed by atoms with Gasteiger partial charge in [-0.15, -0.1) is 0 Å². The number of fused-ring (bicyclic) bond motifs is 1. The van der Waals surface area contributed by atoms with Gasteiger partial charge >= 0.3 is 0 Å². The molecule has 0 atom stereocenters. The van der Waals surface area contributed by atoms with Crippen LogP contribution in [-0.2, 0) is 17.4 Å². The van der Waals surface area contributed by atoms with Crippen molar-refractivity contribution in [2.24, 2.45) is 0 Å². The number of allylic oxidation sites excluding steroid dienone is 1. The lowest BCUT2D eigenvalue weighted by molar-refractivity contribution is 0.282. The van der Waals surface area contributed by atoms with Crippen LogP contribution in [-0.4, -0.2) is 13.2 Å². The molecular weight excluding hydrogens is 452 g/mol. The topological polar surface area (TPSA) is 20.2 Å². The molecule has 0 unspecified atom stereocenters. The van der Waals surface area contributed by atoms with Crippen molar-refractivity contribution < 1.29 is 5.11 Å². The molecule has 3 aromatic carbocycles. The van der Waals surface area contributed by atoms with Crippen LogP contribution in [0.1, 0.15) is 80.0 Å². The van der Waals surface area contributed by atoms with Gasteiger partial charge in [0.1, 0.15) is 0 Å². The highest BCUT2D eigenvalue weighted by molar-refractivity contribution is 6.94. The molecule has 0 heterocycles. The molecule has 0 bridgehead atoms. The monoisotopic (exact) mass is 494 g/mol. The number of benzene rings is 3. The van der Waals surface area contributed by atoms with E-state index < -0.39 is 8.07 Å². The molecule has 0 fully saturated rings. The van der Waals surface area contributed by atoms with E-state index in [1.165, 1.54) is 44.2 Å². The fraction of sp³-hybridized carbons (Fsp3) is 0.353. The van der Waals surface area contributed by atoms with Crippen LogP contribution in [0.25, 0.3) is 16.8 Å². The zero-order chi connectivity index (χ0) is 26.3. The van der Waals surface area contributed by atoms with Crippen LogP contribution < -0.4 is 0 Å². The second-order valence-electron chi connectivity index (χ2n) is 13.0. The maximum absolute atomic E-state index is 9.48. The third-order valence-electron chi connectivity index (χ3n) is 7.51. The third kappa shape index (κ3) is 5.50. The summed E-state index contributed by atoms with van der Waals surface area (Å²) in [5, 5.41) is 10.9. The highest BCUT2D eigenvalue weighted by atomic mass is 28.3. The lowest BCUT2D eigenvalue weighted by Crippen LogP contribution is -2.23. The van der Waals surface area contributed by atoms with Gasteiger partial charge in [0, 0.05) is 0 Å². The molecule has 0 radical (unpaired) electrons. The Morgan fingerprint density at radius 2 is 1.56 bits per heavy atom. The highest BCUT2D eigenvalue weighted by Crippen LogP contribution is 2.42. The Morgan fingerprint density at radius 1 is 0.917 bits per heavy atom. The van der Waals surface area contributed by atoms with E-state index in [1.807, 2.05) is 12.1 Å². The summed E-state index contributed by atoms with van der Waals surface area (Å²) in [5.74, 6) is 0. The Morgan fingerprint density at radius 3 is 2.11 bits per heavy atom. The van der Waals surface area contributed by atoms with Crippen LogP contribution in [0, 0.1) is 0 Å². The van der Waals surface area contributed by atoms with E-state index in [0.717, 1.165) is 12.0 Å². The molecule has 188 valence electrons. The maximum atomic E-state index is 9.48. The normalized spacial score (nSPS) is 15.9. The second-order valence-corrected chi connectivity index (χ2v) is 18.0. The first kappa shape index (κ1) is 26.4. The van der Waals surface area contributed by atoms with Crippen molar-refractivity contribution in [2.45, 2.75) is 78.1 Å². The van der Waals surface area contributed by atoms with Crippen LogP contribution in [0.15, 0.2) is 72.8 Å². The molecule has 2 heteroatoms. The Kier molecular flexibility index (Phi) is 7.07. The molecule has 0 amide bonds. The van der Waals surface area contributed by atoms with E-state index in [4.69, 9.17) is 0 Å². The average Bonchev–Trinajstić information content (AvgIpc) is 2.81. The van der Waals surface area contributed by atoms with Crippen molar-refractivity contribution in [3.8, 4) is 0 Å². The highest BCUT2D eigenvalue weighted by Gasteiger charge is 2.29. The van der Waals surface area contributed by atoms with Crippen molar-refractivity contribution >= 4 is 24.9 Å². The molecule has 1 aliphatic rings. The lowest BCUT2D eigenvalue weighted by Gasteiger charge is -2.33. The molecule has 0 aliphatic heterocycles. The zero-order valence-electron chi connectivity index (χ0n) is 23.4. The summed E-state index contributed by atoms with van der Waals surface area (Å²) in [7, 11) is -1.62. The van der Waals surface area contributed by atoms with Crippen molar-refractivity contribution in [1.29, 1.82) is 0 Å². The number of hydrogen-bond acceptors (Lipinski definition) is 1. The fourth-order valence-corrected chi connectivity index (χ4v) is 6.79. The minimum atomic E-state index is -1.62. The molecule has 0 aromatic heterocycles. The van der Waals surface area contributed by atoms with Crippen LogP contribution in [0.5, 0.6) is 0 Å². The first-order valence-electron chi connectivity index (χ1n) is 13.2. The zero-order valence-corrected chi connectivity index (χ0v) is 24.4. The Hall–Kier alpha value is -2.68. The second kappa shape index (κ2) is 9.65. The Balaban J connectivity index is 1.81. The van der Waals surface area contributed by atoms with Gasteiger partial charge in [-0.05, 0) is 67.8 Å².